The molecule has 6 nitrogen and oxygen atoms in total. The first-order chi connectivity index (χ1) is 16.5. The topological polar surface area (TPSA) is 76.1 Å². The van der Waals surface area contributed by atoms with Gasteiger partial charge in [-0.05, 0) is 50.0 Å². The van der Waals surface area contributed by atoms with Crippen LogP contribution < -0.4 is 9.47 Å². The van der Waals surface area contributed by atoms with Crippen LogP contribution in [0.3, 0.4) is 0 Å². The van der Waals surface area contributed by atoms with E-state index in [0.717, 1.165) is 30.6 Å². The van der Waals surface area contributed by atoms with Gasteiger partial charge in [-0.1, -0.05) is 75.5 Å². The third-order valence-corrected chi connectivity index (χ3v) is 6.84. The minimum absolute atomic E-state index is 0.102. The smallest absolute Gasteiger partial charge is 0.303 e. The second kappa shape index (κ2) is 15.8. The molecule has 1 aromatic carbocycles. The van der Waals surface area contributed by atoms with Crippen molar-refractivity contribution >= 4 is 46.3 Å². The molecule has 1 heterocycles. The summed E-state index contributed by atoms with van der Waals surface area (Å²) < 4.78 is 12.3. The van der Waals surface area contributed by atoms with Crippen molar-refractivity contribution in [3.05, 3.63) is 28.7 Å². The summed E-state index contributed by atoms with van der Waals surface area (Å²) in [4.78, 5) is 25.6. The number of hydrogen-bond donors (Lipinski definition) is 1. The Kier molecular flexibility index (Phi) is 13.1. The molecule has 1 aliphatic rings. The van der Waals surface area contributed by atoms with Crippen LogP contribution in [0.4, 0.5) is 0 Å². The molecule has 0 unspecified atom stereocenters. The lowest BCUT2D eigenvalue weighted by Gasteiger charge is -2.14. The van der Waals surface area contributed by atoms with E-state index in [2.05, 4.69) is 6.92 Å². The number of thioether (sulfide) groups is 1. The van der Waals surface area contributed by atoms with Crippen LogP contribution in [0.2, 0.25) is 0 Å². The molecule has 0 aromatic heterocycles. The maximum absolute atomic E-state index is 12.8. The highest BCUT2D eigenvalue weighted by molar-refractivity contribution is 8.26. The van der Waals surface area contributed by atoms with Crippen molar-refractivity contribution < 1.29 is 24.2 Å². The third-order valence-electron chi connectivity index (χ3n) is 5.47. The summed E-state index contributed by atoms with van der Waals surface area (Å²) in [6, 6.07) is 5.73. The van der Waals surface area contributed by atoms with Crippen LogP contribution in [0.1, 0.15) is 83.6 Å². The summed E-state index contributed by atoms with van der Waals surface area (Å²) in [6.45, 7) is 5.86. The maximum Gasteiger partial charge on any atom is 0.303 e. The summed E-state index contributed by atoms with van der Waals surface area (Å²) in [5.74, 6) is 0.506. The molecule has 0 atom stereocenters. The molecule has 0 bridgehead atoms. The van der Waals surface area contributed by atoms with E-state index in [9.17, 15) is 9.59 Å². The summed E-state index contributed by atoms with van der Waals surface area (Å²) in [6.07, 6.45) is 11.3. The van der Waals surface area contributed by atoms with E-state index in [1.807, 2.05) is 31.2 Å². The Balaban J connectivity index is 1.93. The number of carbonyl (C=O) groups is 2. The highest BCUT2D eigenvalue weighted by Crippen LogP contribution is 2.35. The number of benzene rings is 1. The summed E-state index contributed by atoms with van der Waals surface area (Å²) in [5.41, 5.74) is 0.859. The van der Waals surface area contributed by atoms with Gasteiger partial charge in [-0.3, -0.25) is 14.5 Å². The van der Waals surface area contributed by atoms with Gasteiger partial charge in [-0.15, -0.1) is 0 Å². The number of carboxylic acid groups (broad SMARTS) is 1. The van der Waals surface area contributed by atoms with Crippen LogP contribution in [-0.2, 0) is 9.59 Å². The molecule has 1 N–H and O–H groups in total. The van der Waals surface area contributed by atoms with Crippen LogP contribution in [0, 0.1) is 0 Å². The highest BCUT2D eigenvalue weighted by atomic mass is 32.2. The van der Waals surface area contributed by atoms with Crippen LogP contribution >= 0.6 is 24.0 Å². The quantitative estimate of drug-likeness (QED) is 0.143. The highest BCUT2D eigenvalue weighted by Gasteiger charge is 2.31. The van der Waals surface area contributed by atoms with E-state index < -0.39 is 5.97 Å². The number of rotatable bonds is 17. The number of hydrogen-bond acceptors (Lipinski definition) is 6. The summed E-state index contributed by atoms with van der Waals surface area (Å²) in [5, 5.41) is 8.73. The lowest BCUT2D eigenvalue weighted by Crippen LogP contribution is -2.29. The van der Waals surface area contributed by atoms with Gasteiger partial charge in [0.2, 0.25) is 0 Å². The van der Waals surface area contributed by atoms with E-state index in [-0.39, 0.29) is 12.3 Å². The van der Waals surface area contributed by atoms with E-state index >= 15 is 0 Å². The molecular formula is C26H37NO5S2. The second-order valence-electron chi connectivity index (χ2n) is 8.29. The van der Waals surface area contributed by atoms with Crippen LogP contribution in [-0.4, -0.2) is 46.0 Å². The van der Waals surface area contributed by atoms with Crippen LogP contribution in [0.25, 0.3) is 6.08 Å². The fraction of sp³-hybridized carbons (Fsp3) is 0.577. The van der Waals surface area contributed by atoms with Crippen LogP contribution in [0.15, 0.2) is 23.1 Å². The number of thiocarbonyl (C=S) groups is 1. The van der Waals surface area contributed by atoms with Crippen molar-refractivity contribution in [3.8, 4) is 11.5 Å². The number of carboxylic acids is 1. The van der Waals surface area contributed by atoms with Gasteiger partial charge >= 0.3 is 5.97 Å². The molecule has 8 heteroatoms. The SMILES string of the molecule is CCCCCCCCOc1ccc(/C=C2\SC(=S)N(CCCCCC(=O)O)C2=O)cc1OCC. The Morgan fingerprint density at radius 1 is 1.03 bits per heavy atom. The molecule has 0 spiro atoms. The lowest BCUT2D eigenvalue weighted by atomic mass is 10.1. The van der Waals surface area contributed by atoms with Gasteiger partial charge in [0, 0.05) is 13.0 Å². The first-order valence-corrected chi connectivity index (χ1v) is 13.6. The van der Waals surface area contributed by atoms with Gasteiger partial charge in [-0.25, -0.2) is 0 Å². The molecule has 1 fully saturated rings. The van der Waals surface area contributed by atoms with Crippen molar-refractivity contribution in [2.75, 3.05) is 19.8 Å². The standard InChI is InChI=1S/C26H37NO5S2/c1-3-5-6-7-8-12-17-32-21-15-14-20(18-22(21)31-4-2)19-23-25(30)27(26(33)34-23)16-11-9-10-13-24(28)29/h14-15,18-19H,3-13,16-17H2,1-2H3,(H,28,29)/b23-19-. The normalized spacial score (nSPS) is 14.8. The summed E-state index contributed by atoms with van der Waals surface area (Å²) in [7, 11) is 0. The molecule has 1 aliphatic heterocycles. The number of carbonyl (C=O) groups excluding carboxylic acids is 1. The lowest BCUT2D eigenvalue weighted by molar-refractivity contribution is -0.137. The molecule has 1 saturated heterocycles. The first kappa shape index (κ1) is 28.2. The van der Waals surface area contributed by atoms with Gasteiger partial charge in [0.1, 0.15) is 4.32 Å². The summed E-state index contributed by atoms with van der Waals surface area (Å²) >= 11 is 6.70. The van der Waals surface area contributed by atoms with E-state index in [1.54, 1.807) is 4.90 Å². The van der Waals surface area contributed by atoms with Gasteiger partial charge < -0.3 is 14.6 Å². The maximum atomic E-state index is 12.8. The minimum Gasteiger partial charge on any atom is -0.490 e. The Morgan fingerprint density at radius 3 is 2.50 bits per heavy atom. The average Bonchev–Trinajstić information content (AvgIpc) is 3.06. The predicted molar refractivity (Wildman–Crippen MR) is 142 cm³/mol. The number of ether oxygens (including phenoxy) is 2. The van der Waals surface area contributed by atoms with Crippen molar-refractivity contribution in [2.45, 2.75) is 78.1 Å². The Bertz CT molecular complexity index is 856. The molecule has 1 aromatic rings. The van der Waals surface area contributed by atoms with Gasteiger partial charge in [-0.2, -0.15) is 0 Å². The molecule has 188 valence electrons. The van der Waals surface area contributed by atoms with Gasteiger partial charge in [0.05, 0.1) is 18.1 Å². The van der Waals surface area contributed by atoms with Gasteiger partial charge in [0.25, 0.3) is 5.91 Å². The molecule has 0 saturated carbocycles. The molecule has 0 radical (unpaired) electrons. The molecule has 2 rings (SSSR count). The predicted octanol–water partition coefficient (Wildman–Crippen LogP) is 6.67. The molecule has 34 heavy (non-hydrogen) atoms. The number of amides is 1. The Morgan fingerprint density at radius 2 is 1.76 bits per heavy atom. The van der Waals surface area contributed by atoms with Crippen LogP contribution in [0.5, 0.6) is 11.5 Å². The Hall–Kier alpha value is -2.06. The molecule has 0 aliphatic carbocycles. The number of nitrogens with zero attached hydrogens (tertiary/aromatic N) is 1. The fourth-order valence-electron chi connectivity index (χ4n) is 3.63. The van der Waals surface area contributed by atoms with Crippen molar-refractivity contribution in [1.82, 2.24) is 4.90 Å². The average molecular weight is 508 g/mol. The van der Waals surface area contributed by atoms with E-state index in [4.69, 9.17) is 26.8 Å². The zero-order valence-electron chi connectivity index (χ0n) is 20.3. The minimum atomic E-state index is -0.793. The van der Waals surface area contributed by atoms with Crippen molar-refractivity contribution in [1.29, 1.82) is 0 Å². The van der Waals surface area contributed by atoms with E-state index in [1.165, 1.54) is 43.9 Å². The van der Waals surface area contributed by atoms with Crippen molar-refractivity contribution in [3.63, 3.8) is 0 Å². The van der Waals surface area contributed by atoms with E-state index in [0.29, 0.717) is 41.2 Å². The molecular weight excluding hydrogens is 470 g/mol. The third kappa shape index (κ3) is 9.66. The first-order valence-electron chi connectivity index (χ1n) is 12.3. The zero-order chi connectivity index (χ0) is 24.8. The second-order valence-corrected chi connectivity index (χ2v) is 9.97. The van der Waals surface area contributed by atoms with Gasteiger partial charge in [0.15, 0.2) is 11.5 Å². The molecule has 1 amide bonds. The van der Waals surface area contributed by atoms with Crippen molar-refractivity contribution in [2.24, 2.45) is 0 Å². The fourth-order valence-corrected chi connectivity index (χ4v) is 4.94. The Labute approximate surface area is 213 Å². The largest absolute Gasteiger partial charge is 0.490 e. The number of unbranched alkanes of at least 4 members (excludes halogenated alkanes) is 7. The zero-order valence-corrected chi connectivity index (χ0v) is 22.0. The number of aliphatic carboxylic acids is 1. The monoisotopic (exact) mass is 507 g/mol.